The van der Waals surface area contributed by atoms with E-state index in [1.807, 2.05) is 0 Å². The van der Waals surface area contributed by atoms with Crippen molar-refractivity contribution in [3.63, 3.8) is 0 Å². The Hall–Kier alpha value is -2.92. The largest absolute Gasteiger partial charge is 0.465 e. The number of rotatable bonds is 15. The molecule has 0 amide bonds. The van der Waals surface area contributed by atoms with Gasteiger partial charge < -0.3 is 39.6 Å². The quantitative estimate of drug-likeness (QED) is 0.132. The van der Waals surface area contributed by atoms with E-state index in [1.54, 1.807) is 41.5 Å². The summed E-state index contributed by atoms with van der Waals surface area (Å²) in [5.74, 6) is -1.51. The van der Waals surface area contributed by atoms with E-state index >= 15 is 0 Å². The van der Waals surface area contributed by atoms with Crippen molar-refractivity contribution in [2.45, 2.75) is 97.4 Å². The molecule has 47 heavy (non-hydrogen) atoms. The molecule has 0 aromatic carbocycles. The minimum Gasteiger partial charge on any atom is -0.465 e. The number of imidazole rings is 1. The van der Waals surface area contributed by atoms with Crippen LogP contribution >= 0.6 is 7.67 Å². The Bertz CT molecular complexity index is 1410. The first-order valence-corrected chi connectivity index (χ1v) is 17.7. The minimum absolute atomic E-state index is 0.0138. The highest BCUT2D eigenvalue weighted by Gasteiger charge is 2.54. The Morgan fingerprint density at radius 2 is 1.64 bits per heavy atom. The first-order valence-electron chi connectivity index (χ1n) is 16.1. The van der Waals surface area contributed by atoms with E-state index in [1.165, 1.54) is 17.8 Å². The number of anilines is 2. The van der Waals surface area contributed by atoms with Crippen LogP contribution in [0.5, 0.6) is 0 Å². The van der Waals surface area contributed by atoms with Crippen molar-refractivity contribution in [2.75, 3.05) is 43.5 Å². The average molecular weight is 685 g/mol. The fourth-order valence-electron chi connectivity index (χ4n) is 5.69. The van der Waals surface area contributed by atoms with Crippen LogP contribution in [-0.2, 0) is 32.9 Å². The average Bonchev–Trinajstić information content (AvgIpc) is 3.73. The Balaban J connectivity index is 1.62. The van der Waals surface area contributed by atoms with Crippen molar-refractivity contribution >= 4 is 42.5 Å². The molecule has 4 rings (SSSR count). The molecular weight excluding hydrogens is 635 g/mol. The van der Waals surface area contributed by atoms with E-state index in [9.17, 15) is 24.4 Å². The molecule has 0 saturated carbocycles. The van der Waals surface area contributed by atoms with Crippen LogP contribution in [0.25, 0.3) is 11.2 Å². The summed E-state index contributed by atoms with van der Waals surface area (Å²) in [4.78, 5) is 41.0. The van der Waals surface area contributed by atoms with E-state index in [0.29, 0.717) is 17.0 Å². The number of nitrogens with two attached hydrogens (primary N) is 1. The molecule has 4 heterocycles. The number of fused-ring (bicyclic) bond motifs is 1. The van der Waals surface area contributed by atoms with Gasteiger partial charge in [0.1, 0.15) is 29.9 Å². The maximum Gasteiger partial charge on any atom is 0.342 e. The van der Waals surface area contributed by atoms with Gasteiger partial charge in [0.15, 0.2) is 23.2 Å². The van der Waals surface area contributed by atoms with Gasteiger partial charge in [-0.2, -0.15) is 9.97 Å². The van der Waals surface area contributed by atoms with Crippen molar-refractivity contribution in [3.05, 3.63) is 6.33 Å². The van der Waals surface area contributed by atoms with Crippen LogP contribution in [0, 0.1) is 11.8 Å². The van der Waals surface area contributed by atoms with E-state index in [0.717, 1.165) is 25.9 Å². The van der Waals surface area contributed by atoms with Crippen LogP contribution < -0.4 is 20.8 Å². The zero-order valence-corrected chi connectivity index (χ0v) is 29.0. The standard InChI is InChI=1S/C29H49N8O9P/c1-8-43-25(39)19(16(3)4)34-47(42,35-20(17(5)6)26(40)44-9-2)45-14-18-22(38)29(7,41)27(46-18)37-15-31-21-23(36-12-10-11-13-36)32-28(30)33-24(21)37/h15-20,22,27,38,41H,8-14H2,1-7H3,(H2,30,32,33)(H2,34,35,42)/t18-,19+,20+,22?,27?,29+/m1/s1. The molecule has 0 aliphatic carbocycles. The van der Waals surface area contributed by atoms with Gasteiger partial charge in [0, 0.05) is 13.1 Å². The smallest absolute Gasteiger partial charge is 0.342 e. The second kappa shape index (κ2) is 15.1. The fourth-order valence-corrected chi connectivity index (χ4v) is 7.81. The van der Waals surface area contributed by atoms with E-state index < -0.39 is 62.3 Å². The van der Waals surface area contributed by atoms with Crippen molar-refractivity contribution in [1.82, 2.24) is 29.7 Å². The fraction of sp³-hybridized carbons (Fsp3) is 0.759. The topological polar surface area (TPSA) is 226 Å². The number of aliphatic hydroxyl groups excluding tert-OH is 1. The Kier molecular flexibility index (Phi) is 11.9. The molecule has 0 radical (unpaired) electrons. The predicted octanol–water partition coefficient (Wildman–Crippen LogP) is 1.50. The normalized spacial score (nSPS) is 24.7. The monoisotopic (exact) mass is 684 g/mol. The highest BCUT2D eigenvalue weighted by Crippen LogP contribution is 2.45. The summed E-state index contributed by atoms with van der Waals surface area (Å²) < 4.78 is 38.3. The number of nitrogens with zero attached hydrogens (tertiary/aromatic N) is 5. The number of aliphatic hydroxyl groups is 2. The van der Waals surface area contributed by atoms with Crippen LogP contribution in [-0.4, -0.2) is 104 Å². The number of esters is 2. The molecule has 18 heteroatoms. The third-order valence-corrected chi connectivity index (χ3v) is 10.0. The number of hydrogen-bond donors (Lipinski definition) is 5. The van der Waals surface area contributed by atoms with Gasteiger partial charge in [0.25, 0.3) is 0 Å². The Morgan fingerprint density at radius 3 is 2.15 bits per heavy atom. The molecule has 0 bridgehead atoms. The van der Waals surface area contributed by atoms with Crippen LogP contribution in [0.2, 0.25) is 0 Å². The van der Waals surface area contributed by atoms with Gasteiger partial charge in [-0.15, -0.1) is 0 Å². The molecule has 2 fully saturated rings. The van der Waals surface area contributed by atoms with Crippen LogP contribution in [0.15, 0.2) is 6.33 Å². The zero-order valence-electron chi connectivity index (χ0n) is 28.1. The van der Waals surface area contributed by atoms with Gasteiger partial charge in [0.05, 0.1) is 26.1 Å². The lowest BCUT2D eigenvalue weighted by Crippen LogP contribution is -2.49. The van der Waals surface area contributed by atoms with E-state index in [2.05, 4.69) is 30.0 Å². The number of aromatic nitrogens is 4. The first kappa shape index (κ1) is 36.9. The second-order valence-electron chi connectivity index (χ2n) is 12.7. The third kappa shape index (κ3) is 8.04. The number of nitrogens with one attached hydrogen (secondary N) is 2. The molecule has 6 N–H and O–H groups in total. The molecule has 0 spiro atoms. The molecular formula is C29H49N8O9P. The lowest BCUT2D eigenvalue weighted by atomic mass is 9.96. The maximum absolute atomic E-state index is 14.5. The summed E-state index contributed by atoms with van der Waals surface area (Å²) in [6.07, 6.45) is -0.523. The van der Waals surface area contributed by atoms with Gasteiger partial charge in [-0.05, 0) is 45.4 Å². The molecule has 2 aliphatic heterocycles. The molecule has 2 saturated heterocycles. The summed E-state index contributed by atoms with van der Waals surface area (Å²) in [7, 11) is -4.30. The van der Waals surface area contributed by atoms with Crippen molar-refractivity contribution in [1.29, 1.82) is 0 Å². The minimum atomic E-state index is -4.30. The number of nitrogen functional groups attached to an aromatic ring is 1. The van der Waals surface area contributed by atoms with Gasteiger partial charge in [-0.1, -0.05) is 27.7 Å². The molecule has 6 atom stereocenters. The van der Waals surface area contributed by atoms with Gasteiger partial charge in [0.2, 0.25) is 5.95 Å². The molecule has 2 unspecified atom stereocenters. The maximum atomic E-state index is 14.5. The van der Waals surface area contributed by atoms with Crippen molar-refractivity contribution < 1.29 is 43.1 Å². The van der Waals surface area contributed by atoms with Crippen LogP contribution in [0.4, 0.5) is 11.8 Å². The van der Waals surface area contributed by atoms with Crippen molar-refractivity contribution in [3.8, 4) is 0 Å². The summed E-state index contributed by atoms with van der Waals surface area (Å²) in [5, 5.41) is 28.3. The second-order valence-corrected chi connectivity index (χ2v) is 14.6. The predicted molar refractivity (Wildman–Crippen MR) is 172 cm³/mol. The molecule has 2 aromatic rings. The number of carbonyl (C=O) groups excluding carboxylic acids is 2. The molecule has 2 aliphatic rings. The van der Waals surface area contributed by atoms with Crippen molar-refractivity contribution in [2.24, 2.45) is 11.8 Å². The molecule has 264 valence electrons. The number of carbonyl (C=O) groups is 2. The lowest BCUT2D eigenvalue weighted by Gasteiger charge is -2.31. The first-order chi connectivity index (χ1) is 22.1. The molecule has 17 nitrogen and oxygen atoms in total. The summed E-state index contributed by atoms with van der Waals surface area (Å²) in [6.45, 7) is 12.9. The van der Waals surface area contributed by atoms with Gasteiger partial charge >= 0.3 is 19.6 Å². The lowest BCUT2D eigenvalue weighted by molar-refractivity contribution is -0.146. The number of ether oxygens (including phenoxy) is 3. The van der Waals surface area contributed by atoms with Gasteiger partial charge in [-0.3, -0.25) is 18.7 Å². The zero-order chi connectivity index (χ0) is 34.7. The molecule has 2 aromatic heterocycles. The van der Waals surface area contributed by atoms with Crippen LogP contribution in [0.3, 0.4) is 0 Å². The van der Waals surface area contributed by atoms with Gasteiger partial charge in [-0.25, -0.2) is 15.2 Å². The highest BCUT2D eigenvalue weighted by molar-refractivity contribution is 7.54. The summed E-state index contributed by atoms with van der Waals surface area (Å²) in [5.41, 5.74) is 4.94. The Morgan fingerprint density at radius 1 is 1.09 bits per heavy atom. The summed E-state index contributed by atoms with van der Waals surface area (Å²) in [6, 6.07) is -2.17. The summed E-state index contributed by atoms with van der Waals surface area (Å²) >= 11 is 0. The SMILES string of the molecule is CCOC(=O)[C@@H](NP(=O)(N[C@H](C(=O)OCC)C(C)C)OC[C@H]1OC(n2cnc3c(N4CCCC4)nc(N)nc32)[C@@](C)(O)C1O)C(C)C. The number of hydrogen-bond acceptors (Lipinski definition) is 14. The highest BCUT2D eigenvalue weighted by atomic mass is 31.2. The van der Waals surface area contributed by atoms with Crippen LogP contribution in [0.1, 0.15) is 67.5 Å². The van der Waals surface area contributed by atoms with E-state index in [4.69, 9.17) is 24.5 Å². The third-order valence-electron chi connectivity index (χ3n) is 8.29. The van der Waals surface area contributed by atoms with E-state index in [-0.39, 0.29) is 31.0 Å². The Labute approximate surface area is 274 Å².